The molecule has 1 unspecified atom stereocenters. The molecule has 0 radical (unpaired) electrons. The molecule has 44 heavy (non-hydrogen) atoms. The minimum Gasteiger partial charge on any atom is -0.389 e. The average molecular weight is 632 g/mol. The first-order valence-corrected chi connectivity index (χ1v) is 17.0. The molecule has 11 nitrogen and oxygen atoms in total. The summed E-state index contributed by atoms with van der Waals surface area (Å²) in [4.78, 5) is 32.8. The zero-order chi connectivity index (χ0) is 30.6. The van der Waals surface area contributed by atoms with Gasteiger partial charge < -0.3 is 19.8 Å². The van der Waals surface area contributed by atoms with E-state index in [-0.39, 0.29) is 17.6 Å². The predicted octanol–water partition coefficient (Wildman–Crippen LogP) is 4.06. The number of rotatable bonds is 7. The monoisotopic (exact) mass is 631 g/mol. The van der Waals surface area contributed by atoms with E-state index < -0.39 is 0 Å². The van der Waals surface area contributed by atoms with Crippen molar-refractivity contribution in [3.8, 4) is 17.3 Å². The number of aromatic nitrogens is 4. The molecule has 3 aromatic heterocycles. The highest BCUT2D eigenvalue weighted by atomic mass is 32.1. The molecule has 1 spiro atoms. The number of carbonyl (C=O) groups excluding carboxylic acids is 1. The van der Waals surface area contributed by atoms with Crippen LogP contribution in [0, 0.1) is 18.3 Å². The van der Waals surface area contributed by atoms with Crippen LogP contribution in [0.1, 0.15) is 48.7 Å². The van der Waals surface area contributed by atoms with E-state index in [1.54, 1.807) is 16.2 Å². The third-order valence-electron chi connectivity index (χ3n) is 9.36. The van der Waals surface area contributed by atoms with Crippen LogP contribution < -0.4 is 9.80 Å². The van der Waals surface area contributed by atoms with Gasteiger partial charge >= 0.3 is 0 Å². The minimum absolute atomic E-state index is 0.0413. The quantitative estimate of drug-likeness (QED) is 0.322. The van der Waals surface area contributed by atoms with Gasteiger partial charge in [-0.1, -0.05) is 65.8 Å². The maximum atomic E-state index is 12.9. The second-order valence-electron chi connectivity index (χ2n) is 12.3. The Bertz CT molecular complexity index is 1730. The summed E-state index contributed by atoms with van der Waals surface area (Å²) < 4.78 is 1.93. The standard InChI is InChI=1S/C31H37N9O2S2/c1-4-23-27(36(3)28-34-26(24(15-32)43-28)21-9-7-20(2)8-10-21)40-29(33-23)44-30(35-40)37-14-12-31(19-37)11-5-6-13-39(31)18-25(42)38-16-22(41)17-38/h7-10,22,41H,4-6,11-14,16-19H2,1-3H3. The molecule has 3 saturated heterocycles. The van der Waals surface area contributed by atoms with Crippen molar-refractivity contribution in [3.05, 3.63) is 40.4 Å². The number of aliphatic hydroxyl groups excluding tert-OH is 1. The number of aliphatic hydroxyl groups is 1. The van der Waals surface area contributed by atoms with E-state index in [2.05, 4.69) is 22.8 Å². The van der Waals surface area contributed by atoms with Gasteiger partial charge in [-0.15, -0.1) is 5.10 Å². The first kappa shape index (κ1) is 29.2. The second kappa shape index (κ2) is 11.4. The third kappa shape index (κ3) is 5.03. The highest BCUT2D eigenvalue weighted by molar-refractivity contribution is 7.20. The van der Waals surface area contributed by atoms with Crippen LogP contribution in [0.2, 0.25) is 0 Å². The van der Waals surface area contributed by atoms with E-state index in [1.165, 1.54) is 17.8 Å². The lowest BCUT2D eigenvalue weighted by molar-refractivity contribution is -0.144. The third-order valence-corrected chi connectivity index (χ3v) is 11.4. The molecule has 4 aromatic rings. The number of piperidine rings is 1. The first-order valence-electron chi connectivity index (χ1n) is 15.3. The van der Waals surface area contributed by atoms with Gasteiger partial charge in [0, 0.05) is 44.3 Å². The van der Waals surface area contributed by atoms with Gasteiger partial charge in [0.1, 0.15) is 16.6 Å². The molecule has 0 aliphatic carbocycles. The van der Waals surface area contributed by atoms with Gasteiger partial charge in [0.15, 0.2) is 10.9 Å². The van der Waals surface area contributed by atoms with Crippen molar-refractivity contribution < 1.29 is 9.90 Å². The van der Waals surface area contributed by atoms with Crippen LogP contribution in [0.15, 0.2) is 24.3 Å². The number of carbonyl (C=O) groups is 1. The smallest absolute Gasteiger partial charge is 0.236 e. The molecular formula is C31H37N9O2S2. The molecule has 3 fully saturated rings. The van der Waals surface area contributed by atoms with Crippen LogP contribution in [-0.2, 0) is 11.2 Å². The van der Waals surface area contributed by atoms with Gasteiger partial charge in [-0.05, 0) is 39.2 Å². The summed E-state index contributed by atoms with van der Waals surface area (Å²) in [6.07, 6.45) is 4.71. The summed E-state index contributed by atoms with van der Waals surface area (Å²) in [5.41, 5.74) is 3.68. The Morgan fingerprint density at radius 1 is 1.16 bits per heavy atom. The predicted molar refractivity (Wildman–Crippen MR) is 173 cm³/mol. The number of likely N-dealkylation sites (tertiary alicyclic amines) is 2. The molecule has 1 N–H and O–H groups in total. The van der Waals surface area contributed by atoms with Crippen molar-refractivity contribution in [1.82, 2.24) is 29.4 Å². The average Bonchev–Trinajstić information content (AvgIpc) is 3.79. The maximum absolute atomic E-state index is 12.9. The number of nitriles is 1. The van der Waals surface area contributed by atoms with E-state index in [4.69, 9.17) is 15.1 Å². The fourth-order valence-electron chi connectivity index (χ4n) is 6.80. The largest absolute Gasteiger partial charge is 0.389 e. The lowest BCUT2D eigenvalue weighted by Gasteiger charge is -2.46. The Morgan fingerprint density at radius 3 is 2.68 bits per heavy atom. The van der Waals surface area contributed by atoms with Crippen molar-refractivity contribution >= 4 is 49.6 Å². The Hall–Kier alpha value is -3.57. The molecule has 0 bridgehead atoms. The van der Waals surface area contributed by atoms with E-state index >= 15 is 0 Å². The van der Waals surface area contributed by atoms with Gasteiger partial charge in [0.2, 0.25) is 16.0 Å². The fraction of sp³-hybridized carbons (Fsp3) is 0.516. The molecule has 3 aliphatic rings. The van der Waals surface area contributed by atoms with Crippen LogP contribution >= 0.6 is 22.7 Å². The molecule has 1 atom stereocenters. The van der Waals surface area contributed by atoms with E-state index in [1.807, 2.05) is 47.7 Å². The van der Waals surface area contributed by atoms with Crippen molar-refractivity contribution in [1.29, 1.82) is 5.26 Å². The highest BCUT2D eigenvalue weighted by Gasteiger charge is 2.46. The molecule has 0 saturated carbocycles. The van der Waals surface area contributed by atoms with E-state index in [0.717, 1.165) is 83.2 Å². The summed E-state index contributed by atoms with van der Waals surface area (Å²) >= 11 is 2.98. The Labute approximate surface area is 265 Å². The van der Waals surface area contributed by atoms with Crippen LogP contribution in [0.4, 0.5) is 16.1 Å². The van der Waals surface area contributed by atoms with E-state index in [9.17, 15) is 15.2 Å². The number of thiazole rings is 1. The summed E-state index contributed by atoms with van der Waals surface area (Å²) in [5, 5.41) is 26.3. The molecule has 7 rings (SSSR count). The lowest BCUT2D eigenvalue weighted by Crippen LogP contribution is -2.60. The van der Waals surface area contributed by atoms with Gasteiger partial charge in [-0.3, -0.25) is 9.69 Å². The molecular weight excluding hydrogens is 595 g/mol. The number of benzene rings is 1. The van der Waals surface area contributed by atoms with Crippen molar-refractivity contribution in [2.24, 2.45) is 0 Å². The summed E-state index contributed by atoms with van der Waals surface area (Å²) in [6, 6.07) is 10.4. The van der Waals surface area contributed by atoms with Crippen LogP contribution in [-0.4, -0.2) is 98.4 Å². The normalized spacial score (nSPS) is 20.9. The molecule has 1 amide bonds. The van der Waals surface area contributed by atoms with Crippen LogP contribution in [0.25, 0.3) is 16.2 Å². The van der Waals surface area contributed by atoms with Gasteiger partial charge in [0.05, 0.1) is 18.3 Å². The SMILES string of the molecule is CCc1nc2sc(N3CCC4(CCCCN4CC(=O)N4CC(O)C4)C3)nn2c1N(C)c1nc(-c2ccc(C)cc2)c(C#N)s1. The highest BCUT2D eigenvalue weighted by Crippen LogP contribution is 2.42. The second-order valence-corrected chi connectivity index (χ2v) is 14.2. The Balaban J connectivity index is 1.15. The first-order chi connectivity index (χ1) is 21.3. The van der Waals surface area contributed by atoms with Crippen molar-refractivity contribution in [2.75, 3.05) is 56.1 Å². The fourth-order valence-corrected chi connectivity index (χ4v) is 8.59. The minimum atomic E-state index is -0.378. The van der Waals surface area contributed by atoms with Crippen molar-refractivity contribution in [2.45, 2.75) is 57.6 Å². The number of anilines is 3. The molecule has 6 heterocycles. The number of hydrogen-bond acceptors (Lipinski definition) is 11. The number of aryl methyl sites for hydroxylation is 2. The number of β-amino-alcohol motifs (C(OH)–C–C–N with tert-alkyl or cyclic N) is 1. The number of imidazole rings is 1. The summed E-state index contributed by atoms with van der Waals surface area (Å²) in [6.45, 7) is 8.10. The van der Waals surface area contributed by atoms with Gasteiger partial charge in [-0.25, -0.2) is 9.97 Å². The summed E-state index contributed by atoms with van der Waals surface area (Å²) in [7, 11) is 1.97. The van der Waals surface area contributed by atoms with Gasteiger partial charge in [0.25, 0.3) is 0 Å². The van der Waals surface area contributed by atoms with Gasteiger partial charge in [-0.2, -0.15) is 9.78 Å². The van der Waals surface area contributed by atoms with E-state index in [0.29, 0.717) is 30.2 Å². The Morgan fingerprint density at radius 2 is 1.95 bits per heavy atom. The lowest BCUT2D eigenvalue weighted by atomic mass is 9.85. The number of nitrogens with zero attached hydrogens (tertiary/aromatic N) is 9. The Kier molecular flexibility index (Phi) is 7.56. The molecule has 3 aliphatic heterocycles. The van der Waals surface area contributed by atoms with Crippen LogP contribution in [0.5, 0.6) is 0 Å². The molecule has 1 aromatic carbocycles. The van der Waals surface area contributed by atoms with Crippen molar-refractivity contribution in [3.63, 3.8) is 0 Å². The summed E-state index contributed by atoms with van der Waals surface area (Å²) in [5.74, 6) is 0.990. The maximum Gasteiger partial charge on any atom is 0.236 e. The number of fused-ring (bicyclic) bond motifs is 1. The molecule has 13 heteroatoms. The topological polar surface area (TPSA) is 117 Å². The zero-order valence-electron chi connectivity index (χ0n) is 25.4. The molecule has 230 valence electrons. The zero-order valence-corrected chi connectivity index (χ0v) is 27.0. The number of amides is 1. The van der Waals surface area contributed by atoms with Crippen LogP contribution in [0.3, 0.4) is 0 Å². The number of hydrogen-bond donors (Lipinski definition) is 1.